The Balaban J connectivity index is 0.00000450. The predicted octanol–water partition coefficient (Wildman–Crippen LogP) is 2.57. The van der Waals surface area contributed by atoms with Crippen LogP contribution in [0.4, 0.5) is 0 Å². The van der Waals surface area contributed by atoms with Gasteiger partial charge in [-0.2, -0.15) is 0 Å². The van der Waals surface area contributed by atoms with Gasteiger partial charge in [-0.05, 0) is 51.3 Å². The van der Waals surface area contributed by atoms with E-state index in [0.717, 1.165) is 56.2 Å². The van der Waals surface area contributed by atoms with Gasteiger partial charge < -0.3 is 15.4 Å². The summed E-state index contributed by atoms with van der Waals surface area (Å²) >= 11 is 0. The normalized spacial score (nSPS) is 20.5. The molecule has 9 heteroatoms. The van der Waals surface area contributed by atoms with E-state index in [1.165, 1.54) is 6.26 Å². The standard InChI is InChI=1S/C21H36N4O3S.HI/c1-6-22-21(23-10-7-11-25-14-17(3)28-18(4)15-25)24-13-19-8-9-20(16(2)12-19)29(5,26)27;/h8-9,12,17-18H,6-7,10-11,13-15H2,1-5H3,(H2,22,23,24);1H. The molecule has 1 aliphatic rings. The third kappa shape index (κ3) is 9.07. The molecule has 1 aromatic rings. The molecule has 2 atom stereocenters. The zero-order chi connectivity index (χ0) is 21.4. The minimum Gasteiger partial charge on any atom is -0.373 e. The SMILES string of the molecule is CCNC(=NCc1ccc(S(C)(=O)=O)c(C)c1)NCCCN1CC(C)OC(C)C1.I. The molecule has 1 saturated heterocycles. The summed E-state index contributed by atoms with van der Waals surface area (Å²) in [5, 5.41) is 6.65. The van der Waals surface area contributed by atoms with Crippen LogP contribution in [0.25, 0.3) is 0 Å². The Bertz CT molecular complexity index is 791. The fourth-order valence-corrected chi connectivity index (χ4v) is 4.67. The molecule has 2 rings (SSSR count). The number of aryl methyl sites for hydroxylation is 1. The molecular weight excluding hydrogens is 515 g/mol. The number of hydrogen-bond acceptors (Lipinski definition) is 5. The van der Waals surface area contributed by atoms with Gasteiger partial charge in [0.1, 0.15) is 0 Å². The van der Waals surface area contributed by atoms with Crippen LogP contribution in [0, 0.1) is 6.92 Å². The number of benzene rings is 1. The summed E-state index contributed by atoms with van der Waals surface area (Å²) < 4.78 is 29.3. The summed E-state index contributed by atoms with van der Waals surface area (Å²) in [7, 11) is -3.19. The maximum Gasteiger partial charge on any atom is 0.191 e. The van der Waals surface area contributed by atoms with Crippen molar-refractivity contribution in [3.05, 3.63) is 29.3 Å². The van der Waals surface area contributed by atoms with E-state index >= 15 is 0 Å². The molecule has 2 unspecified atom stereocenters. The highest BCUT2D eigenvalue weighted by atomic mass is 127. The minimum absolute atomic E-state index is 0. The Kier molecular flexibility index (Phi) is 11.6. The van der Waals surface area contributed by atoms with E-state index in [4.69, 9.17) is 4.74 Å². The van der Waals surface area contributed by atoms with Crippen LogP contribution in [0.15, 0.2) is 28.1 Å². The number of nitrogens with zero attached hydrogens (tertiary/aromatic N) is 2. The molecule has 0 radical (unpaired) electrons. The van der Waals surface area contributed by atoms with Crippen molar-refractivity contribution in [2.24, 2.45) is 4.99 Å². The first kappa shape index (κ1) is 27.1. The van der Waals surface area contributed by atoms with Crippen LogP contribution in [-0.4, -0.2) is 70.5 Å². The lowest BCUT2D eigenvalue weighted by atomic mass is 10.1. The van der Waals surface area contributed by atoms with Crippen LogP contribution in [0.5, 0.6) is 0 Å². The second-order valence-corrected chi connectivity index (χ2v) is 9.85. The van der Waals surface area contributed by atoms with E-state index in [1.54, 1.807) is 6.07 Å². The number of morpholine rings is 1. The van der Waals surface area contributed by atoms with Gasteiger partial charge in [0.15, 0.2) is 15.8 Å². The molecule has 1 heterocycles. The number of nitrogens with one attached hydrogen (secondary N) is 2. The van der Waals surface area contributed by atoms with Crippen molar-refractivity contribution < 1.29 is 13.2 Å². The van der Waals surface area contributed by atoms with E-state index in [1.807, 2.05) is 26.0 Å². The third-order valence-electron chi connectivity index (χ3n) is 4.84. The van der Waals surface area contributed by atoms with Crippen molar-refractivity contribution in [1.82, 2.24) is 15.5 Å². The van der Waals surface area contributed by atoms with Gasteiger partial charge >= 0.3 is 0 Å². The molecule has 1 aromatic carbocycles. The molecule has 0 aromatic heterocycles. The van der Waals surface area contributed by atoms with Crippen LogP contribution in [-0.2, 0) is 21.1 Å². The number of aliphatic imine (C=N–C) groups is 1. The predicted molar refractivity (Wildman–Crippen MR) is 134 cm³/mol. The lowest BCUT2D eigenvalue weighted by Gasteiger charge is -2.35. The molecular formula is C21H37IN4O3S. The number of halogens is 1. The van der Waals surface area contributed by atoms with Gasteiger partial charge in [0.25, 0.3) is 0 Å². The lowest BCUT2D eigenvalue weighted by Crippen LogP contribution is -2.46. The van der Waals surface area contributed by atoms with Crippen LogP contribution in [0.2, 0.25) is 0 Å². The second kappa shape index (κ2) is 12.8. The Hall–Kier alpha value is -0.910. The summed E-state index contributed by atoms with van der Waals surface area (Å²) in [5.41, 5.74) is 1.75. The molecule has 30 heavy (non-hydrogen) atoms. The van der Waals surface area contributed by atoms with Gasteiger partial charge in [-0.3, -0.25) is 4.90 Å². The van der Waals surface area contributed by atoms with Crippen molar-refractivity contribution in [3.63, 3.8) is 0 Å². The van der Waals surface area contributed by atoms with Crippen LogP contribution in [0.3, 0.4) is 0 Å². The number of sulfone groups is 1. The highest BCUT2D eigenvalue weighted by Gasteiger charge is 2.21. The van der Waals surface area contributed by atoms with E-state index in [-0.39, 0.29) is 24.0 Å². The van der Waals surface area contributed by atoms with Crippen molar-refractivity contribution in [1.29, 1.82) is 0 Å². The summed E-state index contributed by atoms with van der Waals surface area (Å²) in [6.07, 6.45) is 2.86. The second-order valence-electron chi connectivity index (χ2n) is 7.86. The van der Waals surface area contributed by atoms with E-state index in [0.29, 0.717) is 23.6 Å². The fourth-order valence-electron chi connectivity index (χ4n) is 3.71. The molecule has 0 saturated carbocycles. The molecule has 1 fully saturated rings. The molecule has 172 valence electrons. The van der Waals surface area contributed by atoms with E-state index in [9.17, 15) is 8.42 Å². The molecule has 2 N–H and O–H groups in total. The topological polar surface area (TPSA) is 83.0 Å². The largest absolute Gasteiger partial charge is 0.373 e. The first-order chi connectivity index (χ1) is 13.7. The van der Waals surface area contributed by atoms with Gasteiger partial charge in [-0.1, -0.05) is 12.1 Å². The molecule has 0 amide bonds. The quantitative estimate of drug-likeness (QED) is 0.223. The Labute approximate surface area is 199 Å². The smallest absolute Gasteiger partial charge is 0.191 e. The van der Waals surface area contributed by atoms with E-state index < -0.39 is 9.84 Å². The van der Waals surface area contributed by atoms with Gasteiger partial charge in [0.05, 0.1) is 23.6 Å². The molecule has 0 spiro atoms. The maximum absolute atomic E-state index is 11.8. The number of guanidine groups is 1. The number of ether oxygens (including phenoxy) is 1. The fraction of sp³-hybridized carbons (Fsp3) is 0.667. The monoisotopic (exact) mass is 552 g/mol. The number of rotatable bonds is 8. The van der Waals surface area contributed by atoms with Gasteiger partial charge in [0.2, 0.25) is 0 Å². The third-order valence-corrected chi connectivity index (χ3v) is 6.10. The average molecular weight is 553 g/mol. The maximum atomic E-state index is 11.8. The van der Waals surface area contributed by atoms with Crippen LogP contribution < -0.4 is 10.6 Å². The van der Waals surface area contributed by atoms with E-state index in [2.05, 4.69) is 34.4 Å². The highest BCUT2D eigenvalue weighted by Crippen LogP contribution is 2.17. The lowest BCUT2D eigenvalue weighted by molar-refractivity contribution is -0.0679. The first-order valence-corrected chi connectivity index (χ1v) is 12.3. The summed E-state index contributed by atoms with van der Waals surface area (Å²) in [6, 6.07) is 5.39. The van der Waals surface area contributed by atoms with Crippen LogP contribution in [0.1, 0.15) is 38.3 Å². The highest BCUT2D eigenvalue weighted by molar-refractivity contribution is 14.0. The molecule has 1 aliphatic heterocycles. The van der Waals surface area contributed by atoms with Crippen molar-refractivity contribution in [3.8, 4) is 0 Å². The Morgan fingerprint density at radius 3 is 2.47 bits per heavy atom. The summed E-state index contributed by atoms with van der Waals surface area (Å²) in [5.74, 6) is 0.779. The van der Waals surface area contributed by atoms with Gasteiger partial charge in [0, 0.05) is 39.0 Å². The minimum atomic E-state index is -3.19. The summed E-state index contributed by atoms with van der Waals surface area (Å²) in [4.78, 5) is 7.47. The van der Waals surface area contributed by atoms with Crippen molar-refractivity contribution in [2.75, 3.05) is 39.0 Å². The number of hydrogen-bond donors (Lipinski definition) is 2. The van der Waals surface area contributed by atoms with Crippen LogP contribution >= 0.6 is 24.0 Å². The molecule has 0 bridgehead atoms. The Morgan fingerprint density at radius 2 is 1.90 bits per heavy atom. The Morgan fingerprint density at radius 1 is 1.23 bits per heavy atom. The zero-order valence-corrected chi connectivity index (χ0v) is 21.9. The molecule has 0 aliphatic carbocycles. The van der Waals surface area contributed by atoms with Gasteiger partial charge in [-0.15, -0.1) is 24.0 Å². The average Bonchev–Trinajstić information content (AvgIpc) is 2.61. The van der Waals surface area contributed by atoms with Gasteiger partial charge in [-0.25, -0.2) is 13.4 Å². The zero-order valence-electron chi connectivity index (χ0n) is 18.8. The van der Waals surface area contributed by atoms with Crippen molar-refractivity contribution >= 4 is 39.8 Å². The summed E-state index contributed by atoms with van der Waals surface area (Å²) in [6.45, 7) is 13.3. The first-order valence-electron chi connectivity index (χ1n) is 10.4. The molecule has 7 nitrogen and oxygen atoms in total. The van der Waals surface area contributed by atoms with Crippen molar-refractivity contribution in [2.45, 2.75) is 57.8 Å².